The minimum atomic E-state index is -4.40. The highest BCUT2D eigenvalue weighted by atomic mass is 35.5. The van der Waals surface area contributed by atoms with E-state index >= 15 is 0 Å². The van der Waals surface area contributed by atoms with Gasteiger partial charge in [0, 0.05) is 48.4 Å². The molecule has 4 nitrogen and oxygen atoms in total. The fraction of sp³-hybridized carbons (Fsp3) is 0.645. The predicted molar refractivity (Wildman–Crippen MR) is 151 cm³/mol. The average molecular weight is 594 g/mol. The summed E-state index contributed by atoms with van der Waals surface area (Å²) >= 11 is 7.03. The molecule has 2 spiro atoms. The summed E-state index contributed by atoms with van der Waals surface area (Å²) in [5.74, 6) is 0. The highest BCUT2D eigenvalue weighted by molar-refractivity contribution is 6.74. The fourth-order valence-electron chi connectivity index (χ4n) is 6.95. The van der Waals surface area contributed by atoms with Crippen molar-refractivity contribution in [3.8, 4) is 0 Å². The fourth-order valence-corrected chi connectivity index (χ4v) is 8.51. The van der Waals surface area contributed by atoms with Crippen LogP contribution in [0, 0.1) is 5.41 Å². The summed E-state index contributed by atoms with van der Waals surface area (Å²) in [4.78, 5) is 5.03. The van der Waals surface area contributed by atoms with Gasteiger partial charge in [0.15, 0.2) is 8.32 Å². The van der Waals surface area contributed by atoms with Crippen molar-refractivity contribution in [2.24, 2.45) is 5.41 Å². The summed E-state index contributed by atoms with van der Waals surface area (Å²) in [6.07, 6.45) is 1.59. The molecule has 0 bridgehead atoms. The third-order valence-corrected chi connectivity index (χ3v) is 15.1. The van der Waals surface area contributed by atoms with Crippen LogP contribution in [0.2, 0.25) is 23.3 Å². The number of fused-ring (bicyclic) bond motifs is 4. The highest BCUT2D eigenvalue weighted by Gasteiger charge is 2.55. The van der Waals surface area contributed by atoms with Crippen LogP contribution in [0.25, 0.3) is 0 Å². The van der Waals surface area contributed by atoms with Crippen molar-refractivity contribution < 1.29 is 27.1 Å². The molecular formula is C31H39ClF3NO3Si. The Labute approximate surface area is 241 Å². The lowest BCUT2D eigenvalue weighted by Crippen LogP contribution is -2.46. The van der Waals surface area contributed by atoms with Crippen LogP contribution in [-0.4, -0.2) is 26.5 Å². The largest absolute Gasteiger partial charge is 0.416 e. The van der Waals surface area contributed by atoms with Gasteiger partial charge in [0.1, 0.15) is 11.3 Å². The molecular weight excluding hydrogens is 555 g/mol. The Balaban J connectivity index is 1.53. The number of aromatic nitrogens is 1. The van der Waals surface area contributed by atoms with Crippen LogP contribution in [0.5, 0.6) is 0 Å². The Morgan fingerprint density at radius 1 is 1.00 bits per heavy atom. The van der Waals surface area contributed by atoms with Gasteiger partial charge in [-0.15, -0.1) is 0 Å². The molecule has 1 saturated heterocycles. The molecule has 2 aliphatic carbocycles. The molecule has 1 aromatic carbocycles. The third kappa shape index (κ3) is 4.66. The topological polar surface area (TPSA) is 40.6 Å². The summed E-state index contributed by atoms with van der Waals surface area (Å²) in [6, 6.07) is 5.27. The van der Waals surface area contributed by atoms with Gasteiger partial charge in [0.05, 0.1) is 17.3 Å². The lowest BCUT2D eigenvalue weighted by atomic mass is 9.59. The first kappa shape index (κ1) is 28.7. The molecule has 4 aliphatic rings. The van der Waals surface area contributed by atoms with Gasteiger partial charge in [-0.1, -0.05) is 50.9 Å². The number of alkyl halides is 3. The van der Waals surface area contributed by atoms with Crippen LogP contribution in [0.3, 0.4) is 0 Å². The molecule has 2 fully saturated rings. The summed E-state index contributed by atoms with van der Waals surface area (Å²) < 4.78 is 60.0. The van der Waals surface area contributed by atoms with E-state index in [1.165, 1.54) is 31.4 Å². The van der Waals surface area contributed by atoms with Crippen LogP contribution < -0.4 is 0 Å². The predicted octanol–water partition coefficient (Wildman–Crippen LogP) is 9.06. The minimum absolute atomic E-state index is 0.0377. The summed E-state index contributed by atoms with van der Waals surface area (Å²) in [5.41, 5.74) is 3.51. The first-order chi connectivity index (χ1) is 18.6. The maximum Gasteiger partial charge on any atom is 0.416 e. The molecule has 40 heavy (non-hydrogen) atoms. The summed E-state index contributed by atoms with van der Waals surface area (Å²) in [7, 11) is -2.16. The number of benzene rings is 1. The number of halogens is 4. The van der Waals surface area contributed by atoms with Crippen LogP contribution in [-0.2, 0) is 32.1 Å². The molecule has 0 N–H and O–H groups in total. The number of nitrogens with zero attached hydrogens (tertiary/aromatic N) is 1. The second-order valence-corrected chi connectivity index (χ2v) is 19.0. The van der Waals surface area contributed by atoms with Gasteiger partial charge in [-0.2, -0.15) is 13.2 Å². The zero-order valence-corrected chi connectivity index (χ0v) is 25.8. The van der Waals surface area contributed by atoms with Crippen molar-refractivity contribution >= 4 is 19.9 Å². The van der Waals surface area contributed by atoms with Crippen molar-refractivity contribution in [2.75, 3.05) is 13.2 Å². The van der Waals surface area contributed by atoms with E-state index in [9.17, 15) is 13.2 Å². The molecule has 1 saturated carbocycles. The zero-order valence-electron chi connectivity index (χ0n) is 24.0. The molecule has 0 amide bonds. The van der Waals surface area contributed by atoms with Gasteiger partial charge in [-0.3, -0.25) is 0 Å². The van der Waals surface area contributed by atoms with Gasteiger partial charge in [-0.05, 0) is 66.9 Å². The SMILES string of the molecule is CC(C)(C)[Si](C)(C)OC1CC2(CCC2)Cc2nc(Cl)c3c(c21)C1(CCOCC1)O[C@H]3c1ccc(C(F)(F)F)cc1. The highest BCUT2D eigenvalue weighted by Crippen LogP contribution is 2.61. The molecule has 9 heteroatoms. The van der Waals surface area contributed by atoms with E-state index in [1.807, 2.05) is 0 Å². The zero-order chi connectivity index (χ0) is 28.7. The van der Waals surface area contributed by atoms with Crippen LogP contribution >= 0.6 is 11.6 Å². The van der Waals surface area contributed by atoms with Crippen molar-refractivity contribution in [2.45, 2.75) is 108 Å². The maximum atomic E-state index is 13.3. The van der Waals surface area contributed by atoms with E-state index in [0.717, 1.165) is 47.4 Å². The van der Waals surface area contributed by atoms with Crippen molar-refractivity contribution in [1.29, 1.82) is 0 Å². The van der Waals surface area contributed by atoms with E-state index in [4.69, 9.17) is 30.5 Å². The number of pyridine rings is 1. The van der Waals surface area contributed by atoms with Gasteiger partial charge in [-0.25, -0.2) is 4.98 Å². The molecule has 3 heterocycles. The van der Waals surface area contributed by atoms with Crippen molar-refractivity contribution in [1.82, 2.24) is 4.98 Å². The molecule has 6 rings (SSSR count). The van der Waals surface area contributed by atoms with E-state index in [0.29, 0.717) is 36.8 Å². The minimum Gasteiger partial charge on any atom is -0.410 e. The molecule has 2 aliphatic heterocycles. The first-order valence-corrected chi connectivity index (χ1v) is 17.8. The normalized spacial score (nSPS) is 25.5. The van der Waals surface area contributed by atoms with Gasteiger partial charge in [0.25, 0.3) is 0 Å². The second kappa shape index (κ2) is 9.53. The van der Waals surface area contributed by atoms with E-state index in [-0.39, 0.29) is 16.6 Å². The van der Waals surface area contributed by atoms with Gasteiger partial charge < -0.3 is 13.9 Å². The van der Waals surface area contributed by atoms with Gasteiger partial charge >= 0.3 is 6.18 Å². The number of ether oxygens (including phenoxy) is 2. The average Bonchev–Trinajstić information content (AvgIpc) is 3.16. The molecule has 1 aromatic heterocycles. The van der Waals surface area contributed by atoms with E-state index in [1.54, 1.807) is 0 Å². The van der Waals surface area contributed by atoms with Gasteiger partial charge in [0.2, 0.25) is 0 Å². The van der Waals surface area contributed by atoms with Crippen LogP contribution in [0.1, 0.15) is 105 Å². The van der Waals surface area contributed by atoms with E-state index < -0.39 is 31.8 Å². The van der Waals surface area contributed by atoms with Crippen molar-refractivity contribution in [3.05, 3.63) is 62.9 Å². The second-order valence-electron chi connectivity index (χ2n) is 13.9. The maximum absolute atomic E-state index is 13.3. The standard InChI is InChI=1S/C31H39ClF3NO3Si/c1-28(2,3)40(4,5)39-22-18-29(11-6-12-29)17-21-23(22)25-24(27(32)36-21)26(38-30(25)13-15-37-16-14-30)19-7-9-20(10-8-19)31(33,34)35/h7-10,22,26H,6,11-18H2,1-5H3/t22?,26-/m0/s1. The molecule has 2 atom stereocenters. The van der Waals surface area contributed by atoms with Crippen LogP contribution in [0.4, 0.5) is 13.2 Å². The number of hydrogen-bond acceptors (Lipinski definition) is 4. The lowest BCUT2D eigenvalue weighted by Gasteiger charge is -2.51. The Bertz CT molecular complexity index is 1290. The third-order valence-electron chi connectivity index (χ3n) is 10.3. The van der Waals surface area contributed by atoms with Crippen molar-refractivity contribution in [3.63, 3.8) is 0 Å². The first-order valence-electron chi connectivity index (χ1n) is 14.5. The molecule has 2 aromatic rings. The molecule has 1 unspecified atom stereocenters. The number of rotatable bonds is 3. The molecule has 0 radical (unpaired) electrons. The molecule has 218 valence electrons. The Morgan fingerprint density at radius 3 is 2.20 bits per heavy atom. The Morgan fingerprint density at radius 2 is 1.65 bits per heavy atom. The summed E-state index contributed by atoms with van der Waals surface area (Å²) in [6.45, 7) is 12.5. The van der Waals surface area contributed by atoms with E-state index in [2.05, 4.69) is 33.9 Å². The Hall–Kier alpha value is -1.45. The quantitative estimate of drug-likeness (QED) is 0.263. The smallest absolute Gasteiger partial charge is 0.410 e. The van der Waals surface area contributed by atoms with Crippen LogP contribution in [0.15, 0.2) is 24.3 Å². The lowest BCUT2D eigenvalue weighted by molar-refractivity contribution is -0.137. The number of hydrogen-bond donors (Lipinski definition) is 0. The Kier molecular flexibility index (Phi) is 6.83. The monoisotopic (exact) mass is 593 g/mol. The summed E-state index contributed by atoms with van der Waals surface area (Å²) in [5, 5.41) is 0.431.